The fourth-order valence-corrected chi connectivity index (χ4v) is 1.77. The van der Waals surface area contributed by atoms with Crippen LogP contribution in [0.15, 0.2) is 24.3 Å². The van der Waals surface area contributed by atoms with E-state index in [1.807, 2.05) is 20.2 Å². The van der Waals surface area contributed by atoms with Gasteiger partial charge in [0.1, 0.15) is 5.82 Å². The van der Waals surface area contributed by atoms with Gasteiger partial charge in [0.2, 0.25) is 17.8 Å². The van der Waals surface area contributed by atoms with E-state index in [0.29, 0.717) is 30.8 Å². The Morgan fingerprint density at radius 2 is 1.90 bits per heavy atom. The topological polar surface area (TPSA) is 66.0 Å². The van der Waals surface area contributed by atoms with Crippen LogP contribution in [0.2, 0.25) is 0 Å². The van der Waals surface area contributed by atoms with Gasteiger partial charge in [-0.1, -0.05) is 12.1 Å². The maximum Gasteiger partial charge on any atom is 0.231 e. The van der Waals surface area contributed by atoms with Crippen LogP contribution in [0.3, 0.4) is 0 Å². The summed E-state index contributed by atoms with van der Waals surface area (Å²) in [6.07, 6.45) is 0.690. The standard InChI is InChI=1S/C14H19FN6/c1-16-12-18-13(20-14(19-12)21(2)3)17-8-7-10-5-4-6-11(15)9-10/h4-6,9H,7-8H2,1-3H3,(H2,16,17,18,19,20). The van der Waals surface area contributed by atoms with Gasteiger partial charge in [0.25, 0.3) is 0 Å². The van der Waals surface area contributed by atoms with Crippen LogP contribution in [0.5, 0.6) is 0 Å². The average Bonchev–Trinajstić information content (AvgIpc) is 2.47. The molecule has 112 valence electrons. The first-order valence-corrected chi connectivity index (χ1v) is 6.68. The van der Waals surface area contributed by atoms with E-state index >= 15 is 0 Å². The third-order valence-electron chi connectivity index (χ3n) is 2.83. The maximum atomic E-state index is 13.1. The normalized spacial score (nSPS) is 10.3. The van der Waals surface area contributed by atoms with E-state index in [4.69, 9.17) is 0 Å². The molecular weight excluding hydrogens is 271 g/mol. The van der Waals surface area contributed by atoms with Crippen molar-refractivity contribution in [2.75, 3.05) is 43.2 Å². The summed E-state index contributed by atoms with van der Waals surface area (Å²) in [4.78, 5) is 14.6. The van der Waals surface area contributed by atoms with E-state index in [-0.39, 0.29) is 5.82 Å². The molecule has 2 N–H and O–H groups in total. The van der Waals surface area contributed by atoms with Crippen LogP contribution >= 0.6 is 0 Å². The van der Waals surface area contributed by atoms with Crippen molar-refractivity contribution >= 4 is 17.8 Å². The van der Waals surface area contributed by atoms with Gasteiger partial charge in [-0.2, -0.15) is 15.0 Å². The van der Waals surface area contributed by atoms with Gasteiger partial charge in [0.05, 0.1) is 0 Å². The highest BCUT2D eigenvalue weighted by Crippen LogP contribution is 2.11. The minimum atomic E-state index is -0.222. The first kappa shape index (κ1) is 15.0. The molecule has 0 fully saturated rings. The number of hydrogen-bond donors (Lipinski definition) is 2. The Hall–Kier alpha value is -2.44. The SMILES string of the molecule is CNc1nc(NCCc2cccc(F)c2)nc(N(C)C)n1. The lowest BCUT2D eigenvalue weighted by Crippen LogP contribution is -2.17. The van der Waals surface area contributed by atoms with E-state index in [9.17, 15) is 4.39 Å². The predicted molar refractivity (Wildman–Crippen MR) is 82.3 cm³/mol. The molecule has 1 aromatic carbocycles. The Balaban J connectivity index is 2.01. The number of benzene rings is 1. The molecule has 2 aromatic rings. The number of aromatic nitrogens is 3. The smallest absolute Gasteiger partial charge is 0.231 e. The monoisotopic (exact) mass is 290 g/mol. The molecule has 0 saturated heterocycles. The minimum Gasteiger partial charge on any atom is -0.357 e. The Bertz CT molecular complexity index is 602. The minimum absolute atomic E-state index is 0.222. The van der Waals surface area contributed by atoms with Crippen LogP contribution < -0.4 is 15.5 Å². The van der Waals surface area contributed by atoms with Gasteiger partial charge in [-0.15, -0.1) is 0 Å². The second-order valence-corrected chi connectivity index (χ2v) is 4.73. The van der Waals surface area contributed by atoms with Crippen molar-refractivity contribution in [3.05, 3.63) is 35.6 Å². The molecule has 0 bridgehead atoms. The molecule has 0 saturated carbocycles. The summed E-state index contributed by atoms with van der Waals surface area (Å²) >= 11 is 0. The van der Waals surface area contributed by atoms with Crippen LogP contribution in [0.4, 0.5) is 22.2 Å². The van der Waals surface area contributed by atoms with Crippen molar-refractivity contribution in [3.8, 4) is 0 Å². The van der Waals surface area contributed by atoms with Gasteiger partial charge in [-0.05, 0) is 24.1 Å². The predicted octanol–water partition coefficient (Wildman–Crippen LogP) is 1.77. The Morgan fingerprint density at radius 3 is 2.57 bits per heavy atom. The van der Waals surface area contributed by atoms with Crippen molar-refractivity contribution in [2.24, 2.45) is 0 Å². The molecule has 21 heavy (non-hydrogen) atoms. The third-order valence-corrected chi connectivity index (χ3v) is 2.83. The van der Waals surface area contributed by atoms with Crippen molar-refractivity contribution in [1.29, 1.82) is 0 Å². The molecule has 1 heterocycles. The molecular formula is C14H19FN6. The zero-order chi connectivity index (χ0) is 15.2. The fourth-order valence-electron chi connectivity index (χ4n) is 1.77. The van der Waals surface area contributed by atoms with Crippen LogP contribution in [0.1, 0.15) is 5.56 Å². The Morgan fingerprint density at radius 1 is 1.14 bits per heavy atom. The van der Waals surface area contributed by atoms with Crippen LogP contribution in [0.25, 0.3) is 0 Å². The highest BCUT2D eigenvalue weighted by atomic mass is 19.1. The van der Waals surface area contributed by atoms with Gasteiger partial charge in [0, 0.05) is 27.7 Å². The van der Waals surface area contributed by atoms with Gasteiger partial charge >= 0.3 is 0 Å². The quantitative estimate of drug-likeness (QED) is 0.845. The molecule has 0 aliphatic carbocycles. The fraction of sp³-hybridized carbons (Fsp3) is 0.357. The molecule has 1 aromatic heterocycles. The molecule has 0 aliphatic rings. The summed E-state index contributed by atoms with van der Waals surface area (Å²) in [7, 11) is 5.49. The van der Waals surface area contributed by atoms with Crippen LogP contribution in [-0.2, 0) is 6.42 Å². The molecule has 0 amide bonds. The largest absolute Gasteiger partial charge is 0.357 e. The van der Waals surface area contributed by atoms with E-state index in [1.54, 1.807) is 18.0 Å². The summed E-state index contributed by atoms with van der Waals surface area (Å²) in [5.74, 6) is 1.35. The number of rotatable bonds is 6. The summed E-state index contributed by atoms with van der Waals surface area (Å²) < 4.78 is 13.1. The number of nitrogens with one attached hydrogen (secondary N) is 2. The molecule has 6 nitrogen and oxygen atoms in total. The lowest BCUT2D eigenvalue weighted by molar-refractivity contribution is 0.625. The second kappa shape index (κ2) is 6.83. The highest BCUT2D eigenvalue weighted by molar-refractivity contribution is 5.42. The lowest BCUT2D eigenvalue weighted by Gasteiger charge is -2.13. The van der Waals surface area contributed by atoms with Crippen LogP contribution in [0, 0.1) is 5.82 Å². The van der Waals surface area contributed by atoms with E-state index in [0.717, 1.165) is 5.56 Å². The van der Waals surface area contributed by atoms with Gasteiger partial charge in [-0.25, -0.2) is 4.39 Å². The highest BCUT2D eigenvalue weighted by Gasteiger charge is 2.06. The zero-order valence-electron chi connectivity index (χ0n) is 12.4. The summed E-state index contributed by atoms with van der Waals surface area (Å²) in [6.45, 7) is 0.615. The summed E-state index contributed by atoms with van der Waals surface area (Å²) in [6, 6.07) is 6.56. The molecule has 0 atom stereocenters. The first-order chi connectivity index (χ1) is 10.1. The van der Waals surface area contributed by atoms with Gasteiger partial charge in [-0.3, -0.25) is 0 Å². The lowest BCUT2D eigenvalue weighted by atomic mass is 10.1. The molecule has 0 aliphatic heterocycles. The maximum absolute atomic E-state index is 13.1. The zero-order valence-corrected chi connectivity index (χ0v) is 12.4. The molecule has 2 rings (SSSR count). The number of halogens is 1. The average molecular weight is 290 g/mol. The number of hydrogen-bond acceptors (Lipinski definition) is 6. The van der Waals surface area contributed by atoms with E-state index in [1.165, 1.54) is 12.1 Å². The van der Waals surface area contributed by atoms with Gasteiger partial charge < -0.3 is 15.5 Å². The summed E-state index contributed by atoms with van der Waals surface area (Å²) in [5.41, 5.74) is 0.929. The molecule has 7 heteroatoms. The van der Waals surface area contributed by atoms with E-state index < -0.39 is 0 Å². The van der Waals surface area contributed by atoms with Gasteiger partial charge in [0.15, 0.2) is 0 Å². The number of anilines is 3. The Kier molecular flexibility index (Phi) is 4.86. The molecule has 0 radical (unpaired) electrons. The second-order valence-electron chi connectivity index (χ2n) is 4.73. The van der Waals surface area contributed by atoms with Crippen molar-refractivity contribution in [3.63, 3.8) is 0 Å². The molecule has 0 unspecified atom stereocenters. The molecule has 0 spiro atoms. The Labute approximate surface area is 123 Å². The third kappa shape index (κ3) is 4.27. The van der Waals surface area contributed by atoms with Crippen LogP contribution in [-0.4, -0.2) is 42.6 Å². The van der Waals surface area contributed by atoms with E-state index in [2.05, 4.69) is 25.6 Å². The van der Waals surface area contributed by atoms with Crippen molar-refractivity contribution in [1.82, 2.24) is 15.0 Å². The first-order valence-electron chi connectivity index (χ1n) is 6.68. The number of nitrogens with zero attached hydrogens (tertiary/aromatic N) is 4. The van der Waals surface area contributed by atoms with Crippen molar-refractivity contribution in [2.45, 2.75) is 6.42 Å². The summed E-state index contributed by atoms with van der Waals surface area (Å²) in [5, 5.41) is 6.03. The van der Waals surface area contributed by atoms with Crippen molar-refractivity contribution < 1.29 is 4.39 Å².